The van der Waals surface area contributed by atoms with E-state index in [1.54, 1.807) is 12.1 Å². The van der Waals surface area contributed by atoms with Gasteiger partial charge in [-0.05, 0) is 25.8 Å². The van der Waals surface area contributed by atoms with E-state index in [4.69, 9.17) is 14.2 Å². The Kier molecular flexibility index (Phi) is 6.19. The molecule has 9 heteroatoms. The summed E-state index contributed by atoms with van der Waals surface area (Å²) >= 11 is 0. The van der Waals surface area contributed by atoms with E-state index in [2.05, 4.69) is 5.32 Å². The number of carbonyl (C=O) groups is 3. The summed E-state index contributed by atoms with van der Waals surface area (Å²) in [7, 11) is 0. The van der Waals surface area contributed by atoms with Crippen LogP contribution in [0, 0.1) is 0 Å². The van der Waals surface area contributed by atoms with Gasteiger partial charge in [-0.25, -0.2) is 0 Å². The Bertz CT molecular complexity index is 828. The molecule has 30 heavy (non-hydrogen) atoms. The zero-order chi connectivity index (χ0) is 21.1. The first kappa shape index (κ1) is 20.6. The molecule has 0 aromatic heterocycles. The van der Waals surface area contributed by atoms with E-state index in [0.717, 1.165) is 12.8 Å². The number of fused-ring (bicyclic) bond motifs is 1. The molecular formula is C21H27N3O6. The number of ketones is 1. The van der Waals surface area contributed by atoms with Crippen molar-refractivity contribution in [2.45, 2.75) is 25.9 Å². The third kappa shape index (κ3) is 4.57. The minimum absolute atomic E-state index is 0.0546. The summed E-state index contributed by atoms with van der Waals surface area (Å²) in [6.07, 6.45) is 1.41. The molecular weight excluding hydrogens is 390 g/mol. The summed E-state index contributed by atoms with van der Waals surface area (Å²) in [6.45, 7) is 5.53. The van der Waals surface area contributed by atoms with Gasteiger partial charge in [-0.1, -0.05) is 0 Å². The van der Waals surface area contributed by atoms with Gasteiger partial charge in [0.15, 0.2) is 17.3 Å². The van der Waals surface area contributed by atoms with Crippen LogP contribution in [0.15, 0.2) is 12.1 Å². The number of nitrogens with one attached hydrogen (secondary N) is 1. The van der Waals surface area contributed by atoms with Gasteiger partial charge < -0.3 is 24.4 Å². The fraction of sp³-hybridized carbons (Fsp3) is 0.571. The van der Waals surface area contributed by atoms with E-state index in [1.807, 2.05) is 9.80 Å². The topological polar surface area (TPSA) is 97.4 Å². The molecule has 3 aliphatic heterocycles. The van der Waals surface area contributed by atoms with Gasteiger partial charge in [0.2, 0.25) is 5.91 Å². The van der Waals surface area contributed by atoms with Crippen LogP contribution in [0.5, 0.6) is 11.5 Å². The number of rotatable bonds is 5. The molecule has 1 aromatic carbocycles. The Morgan fingerprint density at radius 3 is 2.37 bits per heavy atom. The Hall–Kier alpha value is -2.65. The Labute approximate surface area is 175 Å². The minimum Gasteiger partial charge on any atom is -0.486 e. The van der Waals surface area contributed by atoms with Gasteiger partial charge in [0.1, 0.15) is 19.3 Å². The van der Waals surface area contributed by atoms with Gasteiger partial charge in [-0.2, -0.15) is 0 Å². The highest BCUT2D eigenvalue weighted by Gasteiger charge is 2.30. The lowest BCUT2D eigenvalue weighted by atomic mass is 10.1. The number of hydrogen-bond donors (Lipinski definition) is 1. The van der Waals surface area contributed by atoms with E-state index in [9.17, 15) is 14.4 Å². The highest BCUT2D eigenvalue weighted by atomic mass is 16.6. The predicted octanol–water partition coefficient (Wildman–Crippen LogP) is 0.922. The quantitative estimate of drug-likeness (QED) is 0.712. The molecule has 0 aliphatic carbocycles. The van der Waals surface area contributed by atoms with Crippen molar-refractivity contribution in [3.63, 3.8) is 0 Å². The van der Waals surface area contributed by atoms with Crippen LogP contribution in [0.3, 0.4) is 0 Å². The van der Waals surface area contributed by atoms with Gasteiger partial charge >= 0.3 is 0 Å². The number of nitrogens with zero attached hydrogens (tertiary/aromatic N) is 2. The van der Waals surface area contributed by atoms with Crippen molar-refractivity contribution < 1.29 is 28.6 Å². The number of ether oxygens (including phenoxy) is 3. The maximum absolute atomic E-state index is 12.6. The van der Waals surface area contributed by atoms with Crippen LogP contribution in [-0.2, 0) is 14.3 Å². The smallest absolute Gasteiger partial charge is 0.251 e. The van der Waals surface area contributed by atoms with Gasteiger partial charge in [-0.3, -0.25) is 19.3 Å². The zero-order valence-electron chi connectivity index (χ0n) is 17.1. The van der Waals surface area contributed by atoms with Crippen LogP contribution >= 0.6 is 0 Å². The van der Waals surface area contributed by atoms with E-state index in [-0.39, 0.29) is 30.2 Å². The lowest BCUT2D eigenvalue weighted by Crippen LogP contribution is -2.52. The monoisotopic (exact) mass is 417 g/mol. The second kappa shape index (κ2) is 9.01. The van der Waals surface area contributed by atoms with Crippen LogP contribution in [0.4, 0.5) is 5.69 Å². The van der Waals surface area contributed by atoms with Crippen molar-refractivity contribution in [3.8, 4) is 11.5 Å². The number of anilines is 1. The highest BCUT2D eigenvalue weighted by molar-refractivity contribution is 6.05. The molecule has 9 nitrogen and oxygen atoms in total. The lowest BCUT2D eigenvalue weighted by molar-refractivity contribution is -0.142. The fourth-order valence-electron chi connectivity index (χ4n) is 3.98. The van der Waals surface area contributed by atoms with Crippen LogP contribution in [0.2, 0.25) is 0 Å². The summed E-state index contributed by atoms with van der Waals surface area (Å²) < 4.78 is 16.6. The fourth-order valence-corrected chi connectivity index (χ4v) is 3.98. The molecule has 0 radical (unpaired) electrons. The molecule has 0 spiro atoms. The minimum atomic E-state index is -0.306. The number of piperazine rings is 1. The number of benzene rings is 1. The Morgan fingerprint density at radius 1 is 1.03 bits per heavy atom. The van der Waals surface area contributed by atoms with Gasteiger partial charge in [-0.15, -0.1) is 0 Å². The van der Waals surface area contributed by atoms with Gasteiger partial charge in [0, 0.05) is 44.4 Å². The number of hydrogen-bond acceptors (Lipinski definition) is 7. The molecule has 3 aliphatic rings. The molecule has 1 N–H and O–H groups in total. The molecule has 1 atom stereocenters. The van der Waals surface area contributed by atoms with E-state index < -0.39 is 0 Å². The summed E-state index contributed by atoms with van der Waals surface area (Å²) in [5, 5.41) is 2.83. The first-order chi connectivity index (χ1) is 14.5. The molecule has 1 aromatic rings. The van der Waals surface area contributed by atoms with E-state index in [0.29, 0.717) is 68.7 Å². The number of Topliss-reactive ketones (excluding diaryl/α,β-unsaturated/α-hetero) is 1. The largest absolute Gasteiger partial charge is 0.486 e. The maximum Gasteiger partial charge on any atom is 0.251 e. The first-order valence-corrected chi connectivity index (χ1v) is 10.4. The average Bonchev–Trinajstić information content (AvgIpc) is 3.28. The molecule has 2 saturated heterocycles. The van der Waals surface area contributed by atoms with Gasteiger partial charge in [0.05, 0.1) is 12.2 Å². The van der Waals surface area contributed by atoms with Crippen molar-refractivity contribution >= 4 is 23.3 Å². The summed E-state index contributed by atoms with van der Waals surface area (Å²) in [6, 6.07) is 3.25. The van der Waals surface area contributed by atoms with Crippen LogP contribution < -0.4 is 14.8 Å². The third-order valence-electron chi connectivity index (χ3n) is 5.59. The molecule has 3 heterocycles. The van der Waals surface area contributed by atoms with Crippen LogP contribution in [0.25, 0.3) is 0 Å². The first-order valence-electron chi connectivity index (χ1n) is 10.4. The van der Waals surface area contributed by atoms with Gasteiger partial charge in [0.25, 0.3) is 5.91 Å². The molecule has 2 amide bonds. The second-order valence-electron chi connectivity index (χ2n) is 7.75. The van der Waals surface area contributed by atoms with Crippen molar-refractivity contribution in [3.05, 3.63) is 17.7 Å². The third-order valence-corrected chi connectivity index (χ3v) is 5.59. The summed E-state index contributed by atoms with van der Waals surface area (Å²) in [5.41, 5.74) is 0.809. The van der Waals surface area contributed by atoms with E-state index >= 15 is 0 Å². The summed E-state index contributed by atoms with van der Waals surface area (Å²) in [5.74, 6) is 0.704. The molecule has 4 rings (SSSR count). The number of carbonyl (C=O) groups excluding carboxylic acids is 3. The average molecular weight is 417 g/mol. The predicted molar refractivity (Wildman–Crippen MR) is 108 cm³/mol. The number of amides is 2. The maximum atomic E-state index is 12.6. The van der Waals surface area contributed by atoms with Crippen LogP contribution in [0.1, 0.15) is 30.1 Å². The molecule has 0 unspecified atom stereocenters. The lowest BCUT2D eigenvalue weighted by Gasteiger charge is -2.35. The summed E-state index contributed by atoms with van der Waals surface area (Å²) in [4.78, 5) is 40.9. The zero-order valence-corrected chi connectivity index (χ0v) is 17.1. The second-order valence-corrected chi connectivity index (χ2v) is 7.75. The Morgan fingerprint density at radius 2 is 1.73 bits per heavy atom. The van der Waals surface area contributed by atoms with Crippen LogP contribution in [-0.4, -0.2) is 86.0 Å². The van der Waals surface area contributed by atoms with Crippen molar-refractivity contribution in [2.75, 3.05) is 57.9 Å². The van der Waals surface area contributed by atoms with Crippen molar-refractivity contribution in [2.24, 2.45) is 0 Å². The normalized spacial score (nSPS) is 21.4. The SMILES string of the molecule is CC(=O)c1cc2c(cc1NC(=O)CN1CCN(C(=O)[C@H]3CCCO3)CC1)OCCO2. The molecule has 2 fully saturated rings. The molecule has 162 valence electrons. The van der Waals surface area contributed by atoms with E-state index in [1.165, 1.54) is 6.92 Å². The molecule has 0 saturated carbocycles. The Balaban J connectivity index is 1.33. The molecule has 0 bridgehead atoms. The van der Waals surface area contributed by atoms with Crippen molar-refractivity contribution in [1.82, 2.24) is 9.80 Å². The van der Waals surface area contributed by atoms with Crippen molar-refractivity contribution in [1.29, 1.82) is 0 Å². The highest BCUT2D eigenvalue weighted by Crippen LogP contribution is 2.35. The standard InChI is InChI=1S/C21H27N3O6/c1-14(25)15-11-18-19(30-10-9-29-18)12-16(15)22-20(26)13-23-4-6-24(7-5-23)21(27)17-3-2-8-28-17/h11-12,17H,2-10,13H2,1H3,(H,22,26)/t17-/m1/s1.